The second-order valence-corrected chi connectivity index (χ2v) is 33.3. The fourth-order valence-electron chi connectivity index (χ4n) is 12.9. The van der Waals surface area contributed by atoms with Crippen LogP contribution in [-0.2, 0) is 65.4 Å². The summed E-state index contributed by atoms with van der Waals surface area (Å²) in [5, 5.41) is 10.7. The van der Waals surface area contributed by atoms with Crippen LogP contribution in [0, 0.1) is 5.92 Å². The molecule has 0 aliphatic rings. The second kappa shape index (κ2) is 75.9. The molecule has 0 saturated carbocycles. The molecular formula is C83H162O17P2. The van der Waals surface area contributed by atoms with Gasteiger partial charge in [0.25, 0.3) is 0 Å². The lowest BCUT2D eigenvalue weighted by Gasteiger charge is -2.21. The second-order valence-electron chi connectivity index (χ2n) is 30.3. The van der Waals surface area contributed by atoms with Crippen LogP contribution in [0.1, 0.15) is 446 Å². The molecule has 606 valence electrons. The number of carbonyl (C=O) groups excluding carboxylic acids is 4. The first-order chi connectivity index (χ1) is 49.5. The van der Waals surface area contributed by atoms with E-state index in [1.54, 1.807) is 0 Å². The van der Waals surface area contributed by atoms with Gasteiger partial charge >= 0.3 is 39.5 Å². The van der Waals surface area contributed by atoms with E-state index in [1.807, 2.05) is 0 Å². The van der Waals surface area contributed by atoms with E-state index in [4.69, 9.17) is 37.0 Å². The van der Waals surface area contributed by atoms with Crippen molar-refractivity contribution in [1.82, 2.24) is 0 Å². The van der Waals surface area contributed by atoms with Crippen LogP contribution in [0.15, 0.2) is 0 Å². The van der Waals surface area contributed by atoms with Gasteiger partial charge in [-0.1, -0.05) is 394 Å². The summed E-state index contributed by atoms with van der Waals surface area (Å²) >= 11 is 0. The van der Waals surface area contributed by atoms with E-state index in [-0.39, 0.29) is 25.7 Å². The van der Waals surface area contributed by atoms with Gasteiger partial charge in [0, 0.05) is 25.7 Å². The average Bonchev–Trinajstić information content (AvgIpc) is 0.913. The number of rotatable bonds is 83. The van der Waals surface area contributed by atoms with Crippen LogP contribution in [0.3, 0.4) is 0 Å². The van der Waals surface area contributed by atoms with Gasteiger partial charge in [0.15, 0.2) is 12.2 Å². The van der Waals surface area contributed by atoms with E-state index in [0.717, 1.165) is 95.8 Å². The molecule has 0 aromatic rings. The first kappa shape index (κ1) is 100. The van der Waals surface area contributed by atoms with Crippen molar-refractivity contribution in [2.75, 3.05) is 39.6 Å². The third kappa shape index (κ3) is 76.3. The van der Waals surface area contributed by atoms with Gasteiger partial charge in [0.2, 0.25) is 0 Å². The number of hydrogen-bond donors (Lipinski definition) is 3. The summed E-state index contributed by atoms with van der Waals surface area (Å²) in [4.78, 5) is 73.2. The molecule has 0 aliphatic heterocycles. The third-order valence-corrected chi connectivity index (χ3v) is 21.4. The van der Waals surface area contributed by atoms with E-state index in [2.05, 4.69) is 34.6 Å². The fourth-order valence-corrected chi connectivity index (χ4v) is 14.5. The van der Waals surface area contributed by atoms with Gasteiger partial charge in [-0.3, -0.25) is 37.3 Å². The summed E-state index contributed by atoms with van der Waals surface area (Å²) in [6, 6.07) is 0. The van der Waals surface area contributed by atoms with Crippen molar-refractivity contribution < 1.29 is 80.2 Å². The molecule has 0 rings (SSSR count). The van der Waals surface area contributed by atoms with Crippen LogP contribution in [-0.4, -0.2) is 96.7 Å². The van der Waals surface area contributed by atoms with Gasteiger partial charge in [0.05, 0.1) is 26.4 Å². The minimum atomic E-state index is -4.96. The summed E-state index contributed by atoms with van der Waals surface area (Å²) in [6.07, 6.45) is 67.8. The molecule has 5 atom stereocenters. The predicted octanol–water partition coefficient (Wildman–Crippen LogP) is 25.2. The van der Waals surface area contributed by atoms with Gasteiger partial charge in [0.1, 0.15) is 19.3 Å². The Morgan fingerprint density at radius 2 is 0.451 bits per heavy atom. The molecule has 0 fully saturated rings. The largest absolute Gasteiger partial charge is 0.472 e. The number of phosphoric ester groups is 2. The van der Waals surface area contributed by atoms with Crippen LogP contribution >= 0.6 is 15.6 Å². The molecule has 17 nitrogen and oxygen atoms in total. The Kier molecular flexibility index (Phi) is 74.4. The first-order valence-corrected chi connectivity index (χ1v) is 46.1. The molecule has 102 heavy (non-hydrogen) atoms. The summed E-state index contributed by atoms with van der Waals surface area (Å²) in [5.74, 6) is -1.31. The first-order valence-electron chi connectivity index (χ1n) is 43.1. The summed E-state index contributed by atoms with van der Waals surface area (Å²) in [6.45, 7) is 7.38. The third-order valence-electron chi connectivity index (χ3n) is 19.5. The Labute approximate surface area is 626 Å². The van der Waals surface area contributed by atoms with Crippen molar-refractivity contribution in [2.45, 2.75) is 464 Å². The van der Waals surface area contributed by atoms with Crippen molar-refractivity contribution in [2.24, 2.45) is 5.92 Å². The number of aliphatic hydroxyl groups excluding tert-OH is 1. The highest BCUT2D eigenvalue weighted by atomic mass is 31.2. The number of carbonyl (C=O) groups is 4. The maximum absolute atomic E-state index is 13.1. The normalized spacial score (nSPS) is 13.8. The van der Waals surface area contributed by atoms with Gasteiger partial charge in [-0.2, -0.15) is 0 Å². The summed E-state index contributed by atoms with van der Waals surface area (Å²) in [7, 11) is -9.92. The van der Waals surface area contributed by atoms with E-state index >= 15 is 0 Å². The highest BCUT2D eigenvalue weighted by molar-refractivity contribution is 7.47. The molecule has 2 unspecified atom stereocenters. The Bertz CT molecular complexity index is 1940. The number of hydrogen-bond acceptors (Lipinski definition) is 15. The average molecular weight is 1490 g/mol. The minimum absolute atomic E-state index is 0.109. The zero-order chi connectivity index (χ0) is 74.8. The summed E-state index contributed by atoms with van der Waals surface area (Å²) in [5.41, 5.74) is 0. The molecule has 3 N–H and O–H groups in total. The standard InChI is InChI=1S/C83H162O17P2/c1-6-9-12-15-18-21-24-27-29-31-33-37-42-47-52-57-62-67-81(86)94-73-79(100-83(88)69-64-59-54-49-44-39-35-34-36-40-45-50-55-60-65-76(4)5)75-98-102(91,92)96-71-77(84)70-95-101(89,90)97-74-78(72-93-80(85)66-61-56-51-46-41-26-23-20-17-14-11-8-3)99-82(87)68-63-58-53-48-43-38-32-30-28-25-22-19-16-13-10-7-2/h76-79,84H,6-75H2,1-5H3,(H,89,90)(H,91,92)/t77-,78+,79+/m0/s1. The Hall–Kier alpha value is -1.94. The van der Waals surface area contributed by atoms with Crippen molar-refractivity contribution in [3.05, 3.63) is 0 Å². The SMILES string of the molecule is CCCCCCCCCCCCCCCCCCCC(=O)OC[C@H](COP(=O)(O)OC[C@@H](O)COP(=O)(O)OC[C@@H](COC(=O)CCCCCCCCCCCCCC)OC(=O)CCCCCCCCCCCCCCCCCC)OC(=O)CCCCCCCCCCCCCCCCC(C)C. The van der Waals surface area contributed by atoms with Crippen molar-refractivity contribution in [1.29, 1.82) is 0 Å². The molecule has 0 bridgehead atoms. The number of ether oxygens (including phenoxy) is 4. The van der Waals surface area contributed by atoms with Crippen LogP contribution in [0.25, 0.3) is 0 Å². The maximum atomic E-state index is 13.1. The molecule has 0 saturated heterocycles. The van der Waals surface area contributed by atoms with Crippen LogP contribution in [0.4, 0.5) is 0 Å². The minimum Gasteiger partial charge on any atom is -0.462 e. The zero-order valence-corrected chi connectivity index (χ0v) is 68.5. The van der Waals surface area contributed by atoms with Crippen molar-refractivity contribution in [3.8, 4) is 0 Å². The number of esters is 4. The van der Waals surface area contributed by atoms with Gasteiger partial charge in [-0.05, 0) is 31.6 Å². The Morgan fingerprint density at radius 3 is 0.667 bits per heavy atom. The number of aliphatic hydroxyl groups is 1. The van der Waals surface area contributed by atoms with Gasteiger partial charge < -0.3 is 33.8 Å². The topological polar surface area (TPSA) is 237 Å². The highest BCUT2D eigenvalue weighted by Crippen LogP contribution is 2.45. The molecule has 0 radical (unpaired) electrons. The molecule has 0 amide bonds. The van der Waals surface area contributed by atoms with Crippen molar-refractivity contribution >= 4 is 39.5 Å². The quantitative estimate of drug-likeness (QED) is 0.0222. The monoisotopic (exact) mass is 1490 g/mol. The number of unbranched alkanes of at least 4 members (excludes halogenated alkanes) is 55. The van der Waals surface area contributed by atoms with Crippen LogP contribution in [0.5, 0.6) is 0 Å². The Morgan fingerprint density at radius 1 is 0.265 bits per heavy atom. The van der Waals surface area contributed by atoms with Crippen molar-refractivity contribution in [3.63, 3.8) is 0 Å². The molecule has 0 aromatic carbocycles. The molecule has 0 aliphatic carbocycles. The molecule has 0 heterocycles. The fraction of sp³-hybridized carbons (Fsp3) is 0.952. The highest BCUT2D eigenvalue weighted by Gasteiger charge is 2.30. The van der Waals surface area contributed by atoms with E-state index in [1.165, 1.54) is 270 Å². The van der Waals surface area contributed by atoms with E-state index < -0.39 is 97.5 Å². The Balaban J connectivity index is 5.26. The lowest BCUT2D eigenvalue weighted by Crippen LogP contribution is -2.30. The van der Waals surface area contributed by atoms with Crippen LogP contribution in [0.2, 0.25) is 0 Å². The molecular weight excluding hydrogens is 1330 g/mol. The lowest BCUT2D eigenvalue weighted by molar-refractivity contribution is -0.161. The predicted molar refractivity (Wildman–Crippen MR) is 418 cm³/mol. The molecule has 0 aromatic heterocycles. The van der Waals surface area contributed by atoms with Gasteiger partial charge in [-0.15, -0.1) is 0 Å². The van der Waals surface area contributed by atoms with Crippen LogP contribution < -0.4 is 0 Å². The smallest absolute Gasteiger partial charge is 0.462 e. The molecule has 19 heteroatoms. The maximum Gasteiger partial charge on any atom is 0.472 e. The van der Waals surface area contributed by atoms with Gasteiger partial charge in [-0.25, -0.2) is 9.13 Å². The number of phosphoric acid groups is 2. The lowest BCUT2D eigenvalue weighted by atomic mass is 10.0. The van der Waals surface area contributed by atoms with E-state index in [0.29, 0.717) is 25.7 Å². The molecule has 0 spiro atoms. The zero-order valence-electron chi connectivity index (χ0n) is 66.8. The van der Waals surface area contributed by atoms with E-state index in [9.17, 15) is 43.2 Å². The summed E-state index contributed by atoms with van der Waals surface area (Å²) < 4.78 is 68.8.